The summed E-state index contributed by atoms with van der Waals surface area (Å²) in [6, 6.07) is 0. The number of hydrogen-bond acceptors (Lipinski definition) is 2. The molecule has 0 saturated carbocycles. The monoisotopic (exact) mass is 126 g/mol. The minimum Gasteiger partial charge on any atom is -1.00 e. The summed E-state index contributed by atoms with van der Waals surface area (Å²) in [6.07, 6.45) is 0.921. The van der Waals surface area contributed by atoms with Gasteiger partial charge in [0, 0.05) is 0 Å². The Balaban J connectivity index is -0.000000180. The van der Waals surface area contributed by atoms with Gasteiger partial charge in [0.15, 0.2) is 0 Å². The van der Waals surface area contributed by atoms with Crippen molar-refractivity contribution in [3.05, 3.63) is 0 Å². The summed E-state index contributed by atoms with van der Waals surface area (Å²) in [5.41, 5.74) is 0. The molecule has 0 aliphatic heterocycles. The summed E-state index contributed by atoms with van der Waals surface area (Å²) in [7, 11) is 0. The standard InChI is InChI=1S/C5H10O2.Na.H/c1-5(2)7-4-3-6;;/h3,5H,4H2,1-2H3;;/q;+1;-1. The molecule has 8 heavy (non-hydrogen) atoms. The Morgan fingerprint density at radius 1 is 1.75 bits per heavy atom. The Labute approximate surface area is 73.4 Å². The third-order valence-corrected chi connectivity index (χ3v) is 0.498. The first-order chi connectivity index (χ1) is 3.27. The first kappa shape index (κ1) is 11.4. The molecule has 0 aromatic heterocycles. The average Bonchev–Trinajstić information content (AvgIpc) is 1.61. The molecule has 3 heteroatoms. The van der Waals surface area contributed by atoms with Crippen molar-refractivity contribution in [2.45, 2.75) is 20.0 Å². The van der Waals surface area contributed by atoms with E-state index < -0.39 is 0 Å². The van der Waals surface area contributed by atoms with E-state index in [9.17, 15) is 4.79 Å². The zero-order chi connectivity index (χ0) is 5.70. The van der Waals surface area contributed by atoms with E-state index in [-0.39, 0.29) is 43.7 Å². The van der Waals surface area contributed by atoms with E-state index in [4.69, 9.17) is 4.74 Å². The van der Waals surface area contributed by atoms with Gasteiger partial charge < -0.3 is 11.0 Å². The zero-order valence-electron chi connectivity index (χ0n) is 6.68. The van der Waals surface area contributed by atoms with Gasteiger partial charge in [-0.25, -0.2) is 0 Å². The van der Waals surface area contributed by atoms with Gasteiger partial charge in [0.1, 0.15) is 12.9 Å². The van der Waals surface area contributed by atoms with Gasteiger partial charge in [-0.15, -0.1) is 0 Å². The second-order valence-corrected chi connectivity index (χ2v) is 1.55. The Morgan fingerprint density at radius 3 is 2.38 bits per heavy atom. The molecule has 2 nitrogen and oxygen atoms in total. The molecule has 0 radical (unpaired) electrons. The van der Waals surface area contributed by atoms with Crippen LogP contribution in [0.25, 0.3) is 0 Å². The number of ether oxygens (including phenoxy) is 1. The fraction of sp³-hybridized carbons (Fsp3) is 0.800. The van der Waals surface area contributed by atoms with Gasteiger partial charge in [0.25, 0.3) is 0 Å². The van der Waals surface area contributed by atoms with E-state index in [1.54, 1.807) is 0 Å². The Hall–Kier alpha value is 0.630. The van der Waals surface area contributed by atoms with Crippen molar-refractivity contribution in [2.75, 3.05) is 6.61 Å². The fourth-order valence-corrected chi connectivity index (χ4v) is 0.232. The third-order valence-electron chi connectivity index (χ3n) is 0.498. The van der Waals surface area contributed by atoms with Crippen LogP contribution in [0.15, 0.2) is 0 Å². The Morgan fingerprint density at radius 2 is 2.25 bits per heavy atom. The summed E-state index contributed by atoms with van der Waals surface area (Å²) in [5.74, 6) is 0. The number of carbonyl (C=O) groups is 1. The second kappa shape index (κ2) is 7.63. The molecule has 0 fully saturated rings. The smallest absolute Gasteiger partial charge is 1.00 e. The first-order valence-electron chi connectivity index (χ1n) is 2.32. The molecule has 0 aliphatic rings. The predicted molar refractivity (Wildman–Crippen MR) is 28.3 cm³/mol. The van der Waals surface area contributed by atoms with Gasteiger partial charge in [0.2, 0.25) is 0 Å². The normalized spacial score (nSPS) is 8.38. The van der Waals surface area contributed by atoms with Crippen LogP contribution >= 0.6 is 0 Å². The van der Waals surface area contributed by atoms with Crippen LogP contribution in [0.1, 0.15) is 15.3 Å². The number of hydrogen-bond donors (Lipinski definition) is 0. The molecule has 0 unspecified atom stereocenters. The molecule has 0 aromatic carbocycles. The molecule has 0 saturated heterocycles. The molecule has 0 amide bonds. The summed E-state index contributed by atoms with van der Waals surface area (Å²) in [6.45, 7) is 4.00. The van der Waals surface area contributed by atoms with Crippen molar-refractivity contribution in [3.63, 3.8) is 0 Å². The Kier molecular flexibility index (Phi) is 10.9. The summed E-state index contributed by atoms with van der Waals surface area (Å²) >= 11 is 0. The van der Waals surface area contributed by atoms with Crippen molar-refractivity contribution in [1.29, 1.82) is 0 Å². The molecule has 0 atom stereocenters. The zero-order valence-corrected chi connectivity index (χ0v) is 7.68. The molecular weight excluding hydrogens is 115 g/mol. The van der Waals surface area contributed by atoms with E-state index >= 15 is 0 Å². The minimum absolute atomic E-state index is 0. The molecule has 0 bridgehead atoms. The summed E-state index contributed by atoms with van der Waals surface area (Å²) < 4.78 is 4.82. The molecule has 0 spiro atoms. The maximum atomic E-state index is 9.58. The van der Waals surface area contributed by atoms with E-state index in [0.29, 0.717) is 0 Å². The molecule has 0 rings (SSSR count). The minimum atomic E-state index is 0. The van der Waals surface area contributed by atoms with Crippen molar-refractivity contribution >= 4 is 6.29 Å². The summed E-state index contributed by atoms with van der Waals surface area (Å²) in [5, 5.41) is 0. The van der Waals surface area contributed by atoms with Crippen LogP contribution in [0.4, 0.5) is 0 Å². The fourth-order valence-electron chi connectivity index (χ4n) is 0.232. The van der Waals surface area contributed by atoms with E-state index in [1.165, 1.54) is 0 Å². The van der Waals surface area contributed by atoms with Gasteiger partial charge in [-0.2, -0.15) is 0 Å². The maximum Gasteiger partial charge on any atom is 1.00 e. The number of aldehydes is 1. The van der Waals surface area contributed by atoms with Crippen LogP contribution in [0.3, 0.4) is 0 Å². The Bertz CT molecular complexity index is 58.9. The second-order valence-electron chi connectivity index (χ2n) is 1.55. The molecule has 0 N–H and O–H groups in total. The summed E-state index contributed by atoms with van der Waals surface area (Å²) in [4.78, 5) is 9.58. The molecule has 0 heterocycles. The van der Waals surface area contributed by atoms with Gasteiger partial charge in [-0.05, 0) is 13.8 Å². The van der Waals surface area contributed by atoms with Gasteiger partial charge >= 0.3 is 29.6 Å². The maximum absolute atomic E-state index is 9.58. The number of rotatable bonds is 3. The van der Waals surface area contributed by atoms with Crippen molar-refractivity contribution < 1.29 is 40.5 Å². The van der Waals surface area contributed by atoms with Crippen LogP contribution in [-0.4, -0.2) is 19.0 Å². The average molecular weight is 126 g/mol. The SMILES string of the molecule is CC(C)OCC=O.[H-].[Na+]. The molecule has 44 valence electrons. The van der Waals surface area contributed by atoms with Crippen LogP contribution in [0.2, 0.25) is 0 Å². The third kappa shape index (κ3) is 9.80. The van der Waals surface area contributed by atoms with Gasteiger partial charge in [-0.1, -0.05) is 0 Å². The van der Waals surface area contributed by atoms with E-state index in [1.807, 2.05) is 13.8 Å². The topological polar surface area (TPSA) is 26.3 Å². The van der Waals surface area contributed by atoms with Crippen LogP contribution in [0, 0.1) is 0 Å². The van der Waals surface area contributed by atoms with E-state index in [0.717, 1.165) is 6.29 Å². The van der Waals surface area contributed by atoms with Gasteiger partial charge in [0.05, 0.1) is 6.10 Å². The number of carbonyl (C=O) groups excluding carboxylic acids is 1. The molecule has 0 aromatic rings. The quantitative estimate of drug-likeness (QED) is 0.315. The van der Waals surface area contributed by atoms with Crippen LogP contribution < -0.4 is 29.6 Å². The van der Waals surface area contributed by atoms with E-state index in [2.05, 4.69) is 0 Å². The predicted octanol–water partition coefficient (Wildman–Crippen LogP) is -2.27. The van der Waals surface area contributed by atoms with Crippen molar-refractivity contribution in [2.24, 2.45) is 0 Å². The van der Waals surface area contributed by atoms with Gasteiger partial charge in [-0.3, -0.25) is 0 Å². The largest absolute Gasteiger partial charge is 1.00 e. The van der Waals surface area contributed by atoms with Crippen molar-refractivity contribution in [1.82, 2.24) is 0 Å². The first-order valence-corrected chi connectivity index (χ1v) is 2.32. The van der Waals surface area contributed by atoms with Crippen LogP contribution in [-0.2, 0) is 9.53 Å². The van der Waals surface area contributed by atoms with Crippen molar-refractivity contribution in [3.8, 4) is 0 Å². The molecular formula is C5H11NaO2. The molecule has 0 aliphatic carbocycles. The van der Waals surface area contributed by atoms with Crippen LogP contribution in [0.5, 0.6) is 0 Å².